The van der Waals surface area contributed by atoms with Crippen molar-refractivity contribution < 1.29 is 4.74 Å². The summed E-state index contributed by atoms with van der Waals surface area (Å²) < 4.78 is 5.88. The Morgan fingerprint density at radius 2 is 2.18 bits per heavy atom. The Hall–Kier alpha value is -0.670. The number of benzene rings is 1. The number of nitrogens with one attached hydrogen (secondary N) is 1. The monoisotopic (exact) mass is 251 g/mol. The summed E-state index contributed by atoms with van der Waals surface area (Å²) in [6.07, 6.45) is 4.78. The highest BCUT2D eigenvalue weighted by Gasteiger charge is 2.20. The van der Waals surface area contributed by atoms with Gasteiger partial charge in [0.25, 0.3) is 0 Å². The minimum Gasteiger partial charge on any atom is -0.492 e. The molecule has 0 saturated heterocycles. The highest BCUT2D eigenvalue weighted by Crippen LogP contribution is 2.27. The molecule has 1 unspecified atom stereocenters. The molecule has 1 saturated carbocycles. The van der Waals surface area contributed by atoms with Crippen LogP contribution >= 0.6 is 11.8 Å². The molecule has 1 aliphatic rings. The molecule has 3 heteroatoms. The Labute approximate surface area is 108 Å². The van der Waals surface area contributed by atoms with E-state index >= 15 is 0 Å². The van der Waals surface area contributed by atoms with Gasteiger partial charge in [-0.2, -0.15) is 0 Å². The molecule has 0 heterocycles. The predicted octanol–water partition coefficient (Wildman–Crippen LogP) is 3.18. The van der Waals surface area contributed by atoms with Crippen LogP contribution in [0.15, 0.2) is 29.2 Å². The largest absolute Gasteiger partial charge is 0.492 e. The van der Waals surface area contributed by atoms with E-state index in [1.807, 2.05) is 12.1 Å². The van der Waals surface area contributed by atoms with Crippen LogP contribution in [0.5, 0.6) is 5.75 Å². The van der Waals surface area contributed by atoms with E-state index in [0.717, 1.165) is 24.9 Å². The van der Waals surface area contributed by atoms with Crippen LogP contribution in [0.2, 0.25) is 0 Å². The van der Waals surface area contributed by atoms with Crippen LogP contribution in [-0.4, -0.2) is 25.4 Å². The van der Waals surface area contributed by atoms with E-state index in [0.29, 0.717) is 5.92 Å². The second-order valence-electron chi connectivity index (χ2n) is 4.75. The maximum atomic E-state index is 5.88. The summed E-state index contributed by atoms with van der Waals surface area (Å²) in [7, 11) is 0. The zero-order valence-corrected chi connectivity index (χ0v) is 11.4. The first-order valence-corrected chi connectivity index (χ1v) is 7.51. The minimum absolute atomic E-state index is 0.561. The molecule has 1 N–H and O–H groups in total. The molecule has 17 heavy (non-hydrogen) atoms. The van der Waals surface area contributed by atoms with E-state index in [1.54, 1.807) is 11.8 Å². The molecule has 0 aromatic heterocycles. The Morgan fingerprint density at radius 1 is 1.41 bits per heavy atom. The molecular weight excluding hydrogens is 230 g/mol. The van der Waals surface area contributed by atoms with Gasteiger partial charge in [0.15, 0.2) is 0 Å². The Balaban J connectivity index is 1.75. The van der Waals surface area contributed by atoms with Crippen molar-refractivity contribution in [1.82, 2.24) is 5.32 Å². The van der Waals surface area contributed by atoms with Crippen LogP contribution in [-0.2, 0) is 0 Å². The van der Waals surface area contributed by atoms with Gasteiger partial charge in [0.1, 0.15) is 5.75 Å². The highest BCUT2D eigenvalue weighted by molar-refractivity contribution is 7.98. The molecule has 1 fully saturated rings. The van der Waals surface area contributed by atoms with Gasteiger partial charge < -0.3 is 10.1 Å². The summed E-state index contributed by atoms with van der Waals surface area (Å²) in [5, 5.41) is 3.54. The third-order valence-electron chi connectivity index (χ3n) is 2.92. The summed E-state index contributed by atoms with van der Waals surface area (Å²) in [5.74, 6) is 1.57. The van der Waals surface area contributed by atoms with Gasteiger partial charge in [0, 0.05) is 23.4 Å². The molecule has 1 atom stereocenters. The van der Waals surface area contributed by atoms with E-state index in [4.69, 9.17) is 4.74 Å². The van der Waals surface area contributed by atoms with Crippen molar-refractivity contribution in [3.05, 3.63) is 24.3 Å². The smallest absolute Gasteiger partial charge is 0.132 e. The van der Waals surface area contributed by atoms with E-state index in [9.17, 15) is 0 Å². The number of ether oxygens (including phenoxy) is 1. The van der Waals surface area contributed by atoms with E-state index in [2.05, 4.69) is 30.6 Å². The summed E-state index contributed by atoms with van der Waals surface area (Å²) in [6, 6.07) is 9.02. The lowest BCUT2D eigenvalue weighted by Crippen LogP contribution is -2.26. The molecule has 1 aromatic carbocycles. The van der Waals surface area contributed by atoms with Gasteiger partial charge in [0.05, 0.1) is 6.61 Å². The molecule has 1 aromatic rings. The number of rotatable bonds is 7. The summed E-state index contributed by atoms with van der Waals surface area (Å²) >= 11 is 1.73. The van der Waals surface area contributed by atoms with Gasteiger partial charge in [-0.25, -0.2) is 0 Å². The average Bonchev–Trinajstić information content (AvgIpc) is 3.18. The average molecular weight is 251 g/mol. The molecule has 94 valence electrons. The number of para-hydroxylation sites is 1. The van der Waals surface area contributed by atoms with E-state index < -0.39 is 0 Å². The van der Waals surface area contributed by atoms with Crippen molar-refractivity contribution in [2.75, 3.05) is 19.4 Å². The van der Waals surface area contributed by atoms with Crippen LogP contribution in [0.3, 0.4) is 0 Å². The Bertz CT molecular complexity index is 352. The molecule has 1 aliphatic carbocycles. The second-order valence-corrected chi connectivity index (χ2v) is 5.60. The fraction of sp³-hybridized carbons (Fsp3) is 0.571. The zero-order valence-electron chi connectivity index (χ0n) is 10.6. The summed E-state index contributed by atoms with van der Waals surface area (Å²) in [4.78, 5) is 1.22. The van der Waals surface area contributed by atoms with Gasteiger partial charge in [0.2, 0.25) is 0 Å². The molecule has 2 nitrogen and oxygen atoms in total. The normalized spacial score (nSPS) is 16.8. The third kappa shape index (κ3) is 4.25. The van der Waals surface area contributed by atoms with Crippen LogP contribution in [0.4, 0.5) is 0 Å². The van der Waals surface area contributed by atoms with Gasteiger partial charge in [-0.15, -0.1) is 11.8 Å². The van der Waals surface area contributed by atoms with Gasteiger partial charge in [-0.1, -0.05) is 19.1 Å². The number of thioether (sulfide) groups is 1. The molecule has 0 spiro atoms. The van der Waals surface area contributed by atoms with Crippen molar-refractivity contribution in [2.24, 2.45) is 5.92 Å². The first kappa shape index (κ1) is 12.8. The summed E-state index contributed by atoms with van der Waals surface area (Å²) in [5.41, 5.74) is 0. The second kappa shape index (κ2) is 6.31. The molecule has 0 radical (unpaired) electrons. The Kier molecular flexibility index (Phi) is 4.75. The maximum Gasteiger partial charge on any atom is 0.132 e. The number of hydrogen-bond acceptors (Lipinski definition) is 3. The number of hydrogen-bond donors (Lipinski definition) is 1. The highest BCUT2D eigenvalue weighted by atomic mass is 32.2. The van der Waals surface area contributed by atoms with Crippen LogP contribution < -0.4 is 10.1 Å². The van der Waals surface area contributed by atoms with Crippen molar-refractivity contribution in [2.45, 2.75) is 30.7 Å². The van der Waals surface area contributed by atoms with Crippen molar-refractivity contribution in [1.29, 1.82) is 0 Å². The zero-order chi connectivity index (χ0) is 12.1. The quantitative estimate of drug-likeness (QED) is 0.752. The van der Waals surface area contributed by atoms with E-state index in [-0.39, 0.29) is 0 Å². The lowest BCUT2D eigenvalue weighted by molar-refractivity contribution is 0.250. The van der Waals surface area contributed by atoms with E-state index in [1.165, 1.54) is 17.7 Å². The Morgan fingerprint density at radius 3 is 2.88 bits per heavy atom. The van der Waals surface area contributed by atoms with Crippen LogP contribution in [0, 0.1) is 5.92 Å². The molecule has 0 amide bonds. The first-order valence-electron chi connectivity index (χ1n) is 6.29. The molecule has 0 bridgehead atoms. The third-order valence-corrected chi connectivity index (χ3v) is 3.70. The first-order chi connectivity index (χ1) is 8.29. The molecule has 0 aliphatic heterocycles. The van der Waals surface area contributed by atoms with Gasteiger partial charge in [-0.3, -0.25) is 0 Å². The van der Waals surface area contributed by atoms with Crippen LogP contribution in [0.25, 0.3) is 0 Å². The van der Waals surface area contributed by atoms with Crippen molar-refractivity contribution >= 4 is 11.8 Å². The van der Waals surface area contributed by atoms with Crippen molar-refractivity contribution in [3.63, 3.8) is 0 Å². The fourth-order valence-corrected chi connectivity index (χ4v) is 2.23. The maximum absolute atomic E-state index is 5.88. The van der Waals surface area contributed by atoms with Crippen LogP contribution in [0.1, 0.15) is 19.8 Å². The molecular formula is C14H21NOS. The fourth-order valence-electron chi connectivity index (χ4n) is 1.68. The molecule has 2 rings (SSSR count). The SMILES string of the molecule is CSc1ccccc1OCC(C)CNC1CC1. The van der Waals surface area contributed by atoms with Gasteiger partial charge >= 0.3 is 0 Å². The lowest BCUT2D eigenvalue weighted by atomic mass is 10.2. The van der Waals surface area contributed by atoms with Crippen molar-refractivity contribution in [3.8, 4) is 5.75 Å². The lowest BCUT2D eigenvalue weighted by Gasteiger charge is -2.15. The standard InChI is InChI=1S/C14H21NOS/c1-11(9-15-12-7-8-12)10-16-13-5-3-4-6-14(13)17-2/h3-6,11-12,15H,7-10H2,1-2H3. The minimum atomic E-state index is 0.561. The predicted molar refractivity (Wildman–Crippen MR) is 73.9 cm³/mol. The van der Waals surface area contributed by atoms with Gasteiger partial charge in [-0.05, 0) is 31.2 Å². The summed E-state index contributed by atoms with van der Waals surface area (Å²) in [6.45, 7) is 4.08. The topological polar surface area (TPSA) is 21.3 Å².